The summed E-state index contributed by atoms with van der Waals surface area (Å²) in [5.41, 5.74) is 0.697. The lowest BCUT2D eigenvalue weighted by Gasteiger charge is -2.19. The Morgan fingerprint density at radius 2 is 2.00 bits per heavy atom. The van der Waals surface area contributed by atoms with Gasteiger partial charge in [-0.15, -0.1) is 0 Å². The van der Waals surface area contributed by atoms with E-state index in [1.165, 1.54) is 0 Å². The van der Waals surface area contributed by atoms with E-state index in [0.717, 1.165) is 10.0 Å². The summed E-state index contributed by atoms with van der Waals surface area (Å²) in [7, 11) is 0. The van der Waals surface area contributed by atoms with Crippen LogP contribution in [0.25, 0.3) is 0 Å². The Morgan fingerprint density at radius 1 is 1.35 bits per heavy atom. The van der Waals surface area contributed by atoms with Crippen molar-refractivity contribution in [3.63, 3.8) is 0 Å². The minimum Gasteiger partial charge on any atom is -0.459 e. The number of hydrogen-bond donors (Lipinski definition) is 1. The fourth-order valence-electron chi connectivity index (χ4n) is 1.32. The molecule has 1 aromatic rings. The van der Waals surface area contributed by atoms with Crippen molar-refractivity contribution in [2.45, 2.75) is 32.9 Å². The molecule has 0 aliphatic rings. The van der Waals surface area contributed by atoms with Gasteiger partial charge in [-0.2, -0.15) is 0 Å². The van der Waals surface area contributed by atoms with E-state index in [9.17, 15) is 4.79 Å². The van der Waals surface area contributed by atoms with Crippen molar-refractivity contribution in [2.75, 3.05) is 6.54 Å². The molecule has 3 nitrogen and oxygen atoms in total. The second-order valence-electron chi connectivity index (χ2n) is 4.78. The van der Waals surface area contributed by atoms with E-state index < -0.39 is 5.60 Å². The highest BCUT2D eigenvalue weighted by Crippen LogP contribution is 2.15. The van der Waals surface area contributed by atoms with Crippen molar-refractivity contribution >= 4 is 21.9 Å². The summed E-state index contributed by atoms with van der Waals surface area (Å²) in [6.07, 6.45) is 0. The lowest BCUT2D eigenvalue weighted by molar-refractivity contribution is -0.153. The number of esters is 1. The molecule has 0 fully saturated rings. The minimum absolute atomic E-state index is 0.221. The average molecular weight is 300 g/mol. The quantitative estimate of drug-likeness (QED) is 0.869. The molecule has 0 atom stereocenters. The van der Waals surface area contributed by atoms with E-state index in [2.05, 4.69) is 21.2 Å². The molecule has 1 aromatic carbocycles. The second-order valence-corrected chi connectivity index (χ2v) is 5.64. The molecule has 4 heteroatoms. The van der Waals surface area contributed by atoms with Crippen LogP contribution >= 0.6 is 15.9 Å². The number of halogens is 1. The van der Waals surface area contributed by atoms with Gasteiger partial charge in [-0.25, -0.2) is 0 Å². The highest BCUT2D eigenvalue weighted by atomic mass is 79.9. The van der Waals surface area contributed by atoms with Crippen molar-refractivity contribution in [3.05, 3.63) is 34.3 Å². The summed E-state index contributed by atoms with van der Waals surface area (Å²) in [4.78, 5) is 11.4. The number of carbonyl (C=O) groups is 1. The molecule has 0 spiro atoms. The van der Waals surface area contributed by atoms with E-state index in [4.69, 9.17) is 4.74 Å². The van der Waals surface area contributed by atoms with E-state index in [-0.39, 0.29) is 12.5 Å². The average Bonchev–Trinajstić information content (AvgIpc) is 2.18. The number of nitrogens with one attached hydrogen (secondary N) is 1. The molecule has 0 bridgehead atoms. The summed E-state index contributed by atoms with van der Waals surface area (Å²) in [5, 5.41) is 3.06. The maximum absolute atomic E-state index is 11.4. The van der Waals surface area contributed by atoms with Gasteiger partial charge in [0.25, 0.3) is 0 Å². The van der Waals surface area contributed by atoms with Crippen LogP contribution in [0.5, 0.6) is 0 Å². The number of benzene rings is 1. The van der Waals surface area contributed by atoms with Crippen LogP contribution in [-0.2, 0) is 16.1 Å². The standard InChI is InChI=1S/C13H18BrNO2/c1-13(2,3)17-12(16)9-15-8-10-6-4-5-7-11(10)14/h4-7,15H,8-9H2,1-3H3. The van der Waals surface area contributed by atoms with Crippen LogP contribution < -0.4 is 5.32 Å². The van der Waals surface area contributed by atoms with Crippen LogP contribution in [0.3, 0.4) is 0 Å². The van der Waals surface area contributed by atoms with Crippen LogP contribution in [0.1, 0.15) is 26.3 Å². The molecule has 0 aromatic heterocycles. The molecule has 1 N–H and O–H groups in total. The maximum Gasteiger partial charge on any atom is 0.320 e. The van der Waals surface area contributed by atoms with Crippen molar-refractivity contribution < 1.29 is 9.53 Å². The van der Waals surface area contributed by atoms with Crippen LogP contribution in [0.4, 0.5) is 0 Å². The second kappa shape index (κ2) is 6.17. The summed E-state index contributed by atoms with van der Waals surface area (Å²) < 4.78 is 6.23. The van der Waals surface area contributed by atoms with E-state index in [1.54, 1.807) is 0 Å². The summed E-state index contributed by atoms with van der Waals surface area (Å²) in [6, 6.07) is 7.91. The van der Waals surface area contributed by atoms with Gasteiger partial charge in [0.05, 0.1) is 6.54 Å². The zero-order valence-corrected chi connectivity index (χ0v) is 12.0. The topological polar surface area (TPSA) is 38.3 Å². The van der Waals surface area contributed by atoms with Crippen molar-refractivity contribution in [1.82, 2.24) is 5.32 Å². The number of carbonyl (C=O) groups excluding carboxylic acids is 1. The zero-order valence-electron chi connectivity index (χ0n) is 10.4. The van der Waals surface area contributed by atoms with Gasteiger partial charge in [-0.3, -0.25) is 4.79 Å². The third-order valence-electron chi connectivity index (χ3n) is 1.96. The molecule has 0 unspecified atom stereocenters. The number of ether oxygens (including phenoxy) is 1. The smallest absolute Gasteiger partial charge is 0.320 e. The maximum atomic E-state index is 11.4. The van der Waals surface area contributed by atoms with Crippen LogP contribution in [0, 0.1) is 0 Å². The molecule has 94 valence electrons. The monoisotopic (exact) mass is 299 g/mol. The van der Waals surface area contributed by atoms with Crippen LogP contribution in [0.2, 0.25) is 0 Å². The molecule has 17 heavy (non-hydrogen) atoms. The molecule has 0 amide bonds. The van der Waals surface area contributed by atoms with E-state index in [1.807, 2.05) is 45.0 Å². The Labute approximate surface area is 111 Å². The Morgan fingerprint density at radius 3 is 2.59 bits per heavy atom. The molecular formula is C13H18BrNO2. The first kappa shape index (κ1) is 14.2. The molecular weight excluding hydrogens is 282 g/mol. The molecule has 0 aliphatic heterocycles. The van der Waals surface area contributed by atoms with Crippen LogP contribution in [-0.4, -0.2) is 18.1 Å². The molecule has 0 heterocycles. The Hall–Kier alpha value is -0.870. The van der Waals surface area contributed by atoms with Gasteiger partial charge >= 0.3 is 5.97 Å². The number of hydrogen-bond acceptors (Lipinski definition) is 3. The van der Waals surface area contributed by atoms with E-state index in [0.29, 0.717) is 6.54 Å². The minimum atomic E-state index is -0.425. The molecule has 0 saturated carbocycles. The fraction of sp³-hybridized carbons (Fsp3) is 0.462. The van der Waals surface area contributed by atoms with Gasteiger partial charge in [-0.1, -0.05) is 34.1 Å². The third-order valence-corrected chi connectivity index (χ3v) is 2.74. The van der Waals surface area contributed by atoms with Gasteiger partial charge in [0.1, 0.15) is 5.60 Å². The summed E-state index contributed by atoms with van der Waals surface area (Å²) in [5.74, 6) is -0.232. The Bertz CT molecular complexity index is 385. The lowest BCUT2D eigenvalue weighted by Crippen LogP contribution is -2.31. The van der Waals surface area contributed by atoms with Crippen molar-refractivity contribution in [2.24, 2.45) is 0 Å². The third kappa shape index (κ3) is 5.84. The number of rotatable bonds is 4. The first-order valence-corrected chi connectivity index (χ1v) is 6.34. The normalized spacial score (nSPS) is 11.3. The van der Waals surface area contributed by atoms with Gasteiger partial charge < -0.3 is 10.1 Å². The van der Waals surface area contributed by atoms with Crippen molar-refractivity contribution in [3.8, 4) is 0 Å². The first-order chi connectivity index (χ1) is 7.88. The predicted octanol–water partition coefficient (Wildman–Crippen LogP) is 2.88. The Kier molecular flexibility index (Phi) is 5.15. The van der Waals surface area contributed by atoms with Crippen LogP contribution in [0.15, 0.2) is 28.7 Å². The lowest BCUT2D eigenvalue weighted by atomic mass is 10.2. The molecule has 0 saturated heterocycles. The summed E-state index contributed by atoms with van der Waals surface area (Å²) in [6.45, 7) is 6.44. The highest BCUT2D eigenvalue weighted by Gasteiger charge is 2.15. The van der Waals surface area contributed by atoms with Gasteiger partial charge in [0.2, 0.25) is 0 Å². The zero-order chi connectivity index (χ0) is 12.9. The van der Waals surface area contributed by atoms with E-state index >= 15 is 0 Å². The Balaban J connectivity index is 2.34. The van der Waals surface area contributed by atoms with Gasteiger partial charge in [0.15, 0.2) is 0 Å². The van der Waals surface area contributed by atoms with Crippen molar-refractivity contribution in [1.29, 1.82) is 0 Å². The summed E-state index contributed by atoms with van der Waals surface area (Å²) >= 11 is 3.46. The predicted molar refractivity (Wildman–Crippen MR) is 71.7 cm³/mol. The molecule has 0 aliphatic carbocycles. The molecule has 1 rings (SSSR count). The SMILES string of the molecule is CC(C)(C)OC(=O)CNCc1ccccc1Br. The highest BCUT2D eigenvalue weighted by molar-refractivity contribution is 9.10. The van der Waals surface area contributed by atoms with Gasteiger partial charge in [0, 0.05) is 11.0 Å². The largest absolute Gasteiger partial charge is 0.459 e. The fourth-order valence-corrected chi connectivity index (χ4v) is 1.74. The molecule has 0 radical (unpaired) electrons. The first-order valence-electron chi connectivity index (χ1n) is 5.54. The van der Waals surface area contributed by atoms with Gasteiger partial charge in [-0.05, 0) is 32.4 Å².